The molecule has 0 aliphatic rings. The number of urea groups is 1. The molecular formula is C11H14Cl2N2O. The summed E-state index contributed by atoms with van der Waals surface area (Å²) in [4.78, 5) is 14.7. The highest BCUT2D eigenvalue weighted by molar-refractivity contribution is 6.31. The van der Waals surface area contributed by atoms with Gasteiger partial charge >= 0.3 is 6.03 Å². The SMILES string of the molecule is Cc1ccc(N(CCl)C(=O)N(C)C)cc1Cl. The van der Waals surface area contributed by atoms with Crippen molar-refractivity contribution in [3.05, 3.63) is 28.8 Å². The van der Waals surface area contributed by atoms with E-state index in [1.54, 1.807) is 20.2 Å². The lowest BCUT2D eigenvalue weighted by atomic mass is 10.2. The Morgan fingerprint density at radius 1 is 1.38 bits per heavy atom. The lowest BCUT2D eigenvalue weighted by Crippen LogP contribution is -2.38. The van der Waals surface area contributed by atoms with Gasteiger partial charge < -0.3 is 4.90 Å². The van der Waals surface area contributed by atoms with Crippen LogP contribution in [0.2, 0.25) is 5.02 Å². The normalized spacial score (nSPS) is 10.1. The quantitative estimate of drug-likeness (QED) is 0.591. The van der Waals surface area contributed by atoms with E-state index in [1.807, 2.05) is 19.1 Å². The van der Waals surface area contributed by atoms with E-state index in [0.717, 1.165) is 5.56 Å². The van der Waals surface area contributed by atoms with Gasteiger partial charge in [0.15, 0.2) is 0 Å². The van der Waals surface area contributed by atoms with Crippen molar-refractivity contribution in [2.24, 2.45) is 0 Å². The van der Waals surface area contributed by atoms with Crippen molar-refractivity contribution in [1.29, 1.82) is 0 Å². The first-order valence-electron chi connectivity index (χ1n) is 4.78. The number of benzene rings is 1. The van der Waals surface area contributed by atoms with Crippen LogP contribution in [0.4, 0.5) is 10.5 Å². The Hall–Kier alpha value is -0.930. The molecule has 2 amide bonds. The Labute approximate surface area is 106 Å². The minimum Gasteiger partial charge on any atom is -0.330 e. The van der Waals surface area contributed by atoms with Crippen LogP contribution >= 0.6 is 23.2 Å². The molecule has 0 aliphatic heterocycles. The largest absolute Gasteiger partial charge is 0.330 e. The number of amides is 2. The van der Waals surface area contributed by atoms with Crippen LogP contribution in [0, 0.1) is 6.92 Å². The van der Waals surface area contributed by atoms with Crippen LogP contribution < -0.4 is 4.90 Å². The molecule has 0 aliphatic carbocycles. The van der Waals surface area contributed by atoms with Gasteiger partial charge in [0.25, 0.3) is 0 Å². The summed E-state index contributed by atoms with van der Waals surface area (Å²) in [5.41, 5.74) is 1.67. The second-order valence-electron chi connectivity index (χ2n) is 3.66. The summed E-state index contributed by atoms with van der Waals surface area (Å²) in [5, 5.41) is 0.624. The average molecular weight is 261 g/mol. The van der Waals surface area contributed by atoms with Crippen molar-refractivity contribution < 1.29 is 4.79 Å². The fourth-order valence-corrected chi connectivity index (χ4v) is 1.64. The van der Waals surface area contributed by atoms with E-state index >= 15 is 0 Å². The van der Waals surface area contributed by atoms with E-state index in [-0.39, 0.29) is 12.0 Å². The fraction of sp³-hybridized carbons (Fsp3) is 0.364. The van der Waals surface area contributed by atoms with Gasteiger partial charge in [-0.15, -0.1) is 11.6 Å². The maximum absolute atomic E-state index is 11.8. The molecule has 0 bridgehead atoms. The van der Waals surface area contributed by atoms with Gasteiger partial charge in [-0.2, -0.15) is 0 Å². The molecule has 1 aromatic rings. The van der Waals surface area contributed by atoms with Gasteiger partial charge in [-0.3, -0.25) is 4.90 Å². The highest BCUT2D eigenvalue weighted by Crippen LogP contribution is 2.24. The zero-order valence-electron chi connectivity index (χ0n) is 9.50. The van der Waals surface area contributed by atoms with E-state index in [9.17, 15) is 4.79 Å². The van der Waals surface area contributed by atoms with Crippen molar-refractivity contribution >= 4 is 34.9 Å². The first kappa shape index (κ1) is 13.1. The lowest BCUT2D eigenvalue weighted by Gasteiger charge is -2.24. The van der Waals surface area contributed by atoms with Gasteiger partial charge in [0, 0.05) is 24.8 Å². The second kappa shape index (κ2) is 5.41. The molecule has 0 unspecified atom stereocenters. The predicted octanol–water partition coefficient (Wildman–Crippen LogP) is 3.33. The van der Waals surface area contributed by atoms with Gasteiger partial charge in [-0.25, -0.2) is 4.79 Å². The number of anilines is 1. The Morgan fingerprint density at radius 2 is 2.00 bits per heavy atom. The molecule has 1 rings (SSSR count). The minimum atomic E-state index is -0.171. The highest BCUT2D eigenvalue weighted by Gasteiger charge is 2.16. The average Bonchev–Trinajstić information content (AvgIpc) is 2.24. The predicted molar refractivity (Wildman–Crippen MR) is 68.5 cm³/mol. The summed E-state index contributed by atoms with van der Waals surface area (Å²) in [5.74, 6) is 0. The number of carbonyl (C=O) groups excluding carboxylic acids is 1. The number of nitrogens with zero attached hydrogens (tertiary/aromatic N) is 2. The van der Waals surface area contributed by atoms with Crippen LogP contribution in [0.5, 0.6) is 0 Å². The van der Waals surface area contributed by atoms with Crippen LogP contribution in [0.3, 0.4) is 0 Å². The molecule has 16 heavy (non-hydrogen) atoms. The Morgan fingerprint density at radius 3 is 2.44 bits per heavy atom. The number of alkyl halides is 1. The summed E-state index contributed by atoms with van der Waals surface area (Å²) in [7, 11) is 3.36. The maximum atomic E-state index is 11.8. The molecule has 0 atom stereocenters. The first-order valence-corrected chi connectivity index (χ1v) is 5.69. The Balaban J connectivity index is 3.04. The third-order valence-corrected chi connectivity index (χ3v) is 2.85. The molecule has 0 fully saturated rings. The van der Waals surface area contributed by atoms with E-state index in [2.05, 4.69) is 0 Å². The molecule has 3 nitrogen and oxygen atoms in total. The topological polar surface area (TPSA) is 23.6 Å². The molecule has 0 radical (unpaired) electrons. The Bertz CT molecular complexity index is 394. The smallest absolute Gasteiger partial charge is 0.325 e. The number of aryl methyl sites for hydroxylation is 1. The molecule has 0 saturated carbocycles. The van der Waals surface area contributed by atoms with Crippen LogP contribution in [-0.4, -0.2) is 31.0 Å². The number of rotatable bonds is 2. The van der Waals surface area contributed by atoms with Crippen LogP contribution in [0.25, 0.3) is 0 Å². The molecular weight excluding hydrogens is 247 g/mol. The third-order valence-electron chi connectivity index (χ3n) is 2.20. The van der Waals surface area contributed by atoms with Gasteiger partial charge in [0.2, 0.25) is 0 Å². The van der Waals surface area contributed by atoms with E-state index in [1.165, 1.54) is 9.80 Å². The standard InChI is InChI=1S/C11H14Cl2N2O/c1-8-4-5-9(6-10(8)13)15(7-12)11(16)14(2)3/h4-6H,7H2,1-3H3. The minimum absolute atomic E-state index is 0.0937. The highest BCUT2D eigenvalue weighted by atomic mass is 35.5. The molecule has 0 aromatic heterocycles. The molecule has 0 saturated heterocycles. The molecule has 5 heteroatoms. The van der Waals surface area contributed by atoms with Gasteiger partial charge in [-0.1, -0.05) is 17.7 Å². The van der Waals surface area contributed by atoms with Crippen molar-refractivity contribution in [1.82, 2.24) is 4.90 Å². The van der Waals surface area contributed by atoms with Crippen molar-refractivity contribution in [3.63, 3.8) is 0 Å². The second-order valence-corrected chi connectivity index (χ2v) is 4.30. The molecule has 1 aromatic carbocycles. The van der Waals surface area contributed by atoms with E-state index < -0.39 is 0 Å². The molecule has 0 heterocycles. The lowest BCUT2D eigenvalue weighted by molar-refractivity contribution is 0.225. The van der Waals surface area contributed by atoms with Crippen LogP contribution in [0.15, 0.2) is 18.2 Å². The van der Waals surface area contributed by atoms with Crippen molar-refractivity contribution in [2.45, 2.75) is 6.92 Å². The van der Waals surface area contributed by atoms with Gasteiger partial charge in [-0.05, 0) is 24.6 Å². The maximum Gasteiger partial charge on any atom is 0.325 e. The summed E-state index contributed by atoms with van der Waals surface area (Å²) >= 11 is 11.8. The summed E-state index contributed by atoms with van der Waals surface area (Å²) in [6.07, 6.45) is 0. The number of halogens is 2. The third kappa shape index (κ3) is 2.80. The van der Waals surface area contributed by atoms with Gasteiger partial charge in [0.1, 0.15) is 6.00 Å². The number of carbonyl (C=O) groups is 1. The Kier molecular flexibility index (Phi) is 4.44. The van der Waals surface area contributed by atoms with E-state index in [4.69, 9.17) is 23.2 Å². The van der Waals surface area contributed by atoms with E-state index in [0.29, 0.717) is 10.7 Å². The van der Waals surface area contributed by atoms with Gasteiger partial charge in [0.05, 0.1) is 0 Å². The van der Waals surface area contributed by atoms with Crippen LogP contribution in [-0.2, 0) is 0 Å². The number of hydrogen-bond donors (Lipinski definition) is 0. The number of hydrogen-bond acceptors (Lipinski definition) is 1. The van der Waals surface area contributed by atoms with Crippen molar-refractivity contribution in [3.8, 4) is 0 Å². The molecule has 88 valence electrons. The van der Waals surface area contributed by atoms with Crippen LogP contribution in [0.1, 0.15) is 5.56 Å². The fourth-order valence-electron chi connectivity index (χ4n) is 1.22. The molecule has 0 spiro atoms. The summed E-state index contributed by atoms with van der Waals surface area (Å²) in [6, 6.07) is 5.34. The zero-order chi connectivity index (χ0) is 12.3. The first-order chi connectivity index (χ1) is 7.47. The zero-order valence-corrected chi connectivity index (χ0v) is 11.0. The monoisotopic (exact) mass is 260 g/mol. The summed E-state index contributed by atoms with van der Waals surface area (Å²) < 4.78 is 0. The van der Waals surface area contributed by atoms with Crippen molar-refractivity contribution in [2.75, 3.05) is 25.0 Å². The summed E-state index contributed by atoms with van der Waals surface area (Å²) in [6.45, 7) is 1.91. The molecule has 0 N–H and O–H groups in total.